The van der Waals surface area contributed by atoms with E-state index in [0.717, 1.165) is 0 Å². The van der Waals surface area contributed by atoms with Crippen LogP contribution in [-0.2, 0) is 9.53 Å². The number of benzene rings is 1. The molecule has 1 saturated heterocycles. The molecule has 0 bridgehead atoms. The van der Waals surface area contributed by atoms with Crippen molar-refractivity contribution in [3.8, 4) is 0 Å². The van der Waals surface area contributed by atoms with Crippen LogP contribution in [0.2, 0.25) is 5.02 Å². The largest absolute Gasteiger partial charge is 0.444 e. The van der Waals surface area contributed by atoms with E-state index in [1.165, 1.54) is 10.3 Å². The highest BCUT2D eigenvalue weighted by Crippen LogP contribution is 2.24. The van der Waals surface area contributed by atoms with Gasteiger partial charge in [0, 0.05) is 16.1 Å². The molecule has 0 radical (unpaired) electrons. The van der Waals surface area contributed by atoms with E-state index in [9.17, 15) is 9.59 Å². The second-order valence-corrected chi connectivity index (χ2v) is 7.00. The lowest BCUT2D eigenvalue weighted by Crippen LogP contribution is -2.59. The number of ether oxygens (including phenoxy) is 1. The van der Waals surface area contributed by atoms with Gasteiger partial charge in [-0.15, -0.1) is 0 Å². The maximum absolute atomic E-state index is 12.4. The fourth-order valence-electron chi connectivity index (χ4n) is 2.27. The third kappa shape index (κ3) is 4.42. The molecular formula is C16H19ClN2O3S. The summed E-state index contributed by atoms with van der Waals surface area (Å²) in [6.45, 7) is 5.53. The topological polar surface area (TPSA) is 49.9 Å². The molecule has 5 nitrogen and oxygen atoms in total. The predicted molar refractivity (Wildman–Crippen MR) is 94.2 cm³/mol. The molecule has 1 aliphatic rings. The Hall–Kier alpha value is -1.66. The van der Waals surface area contributed by atoms with E-state index in [4.69, 9.17) is 28.6 Å². The van der Waals surface area contributed by atoms with E-state index in [0.29, 0.717) is 10.7 Å². The monoisotopic (exact) mass is 354 g/mol. The number of hydrogen-bond acceptors (Lipinski definition) is 4. The van der Waals surface area contributed by atoms with Crippen LogP contribution >= 0.6 is 23.8 Å². The molecule has 1 fully saturated rings. The van der Waals surface area contributed by atoms with Crippen LogP contribution in [0.25, 0.3) is 0 Å². The molecule has 2 amide bonds. The van der Waals surface area contributed by atoms with Crippen molar-refractivity contribution in [2.45, 2.75) is 32.4 Å². The molecule has 0 unspecified atom stereocenters. The third-order valence-electron chi connectivity index (χ3n) is 3.28. The maximum atomic E-state index is 12.4. The van der Waals surface area contributed by atoms with Crippen molar-refractivity contribution in [3.05, 3.63) is 29.3 Å². The number of nitrogens with zero attached hydrogens (tertiary/aromatic N) is 2. The number of piperazine rings is 1. The molecule has 1 aliphatic heterocycles. The smallest absolute Gasteiger partial charge is 0.411 e. The molecule has 7 heteroatoms. The number of carbonyl (C=O) groups excluding carboxylic acids is 2. The van der Waals surface area contributed by atoms with Crippen LogP contribution in [0.4, 0.5) is 10.5 Å². The zero-order valence-electron chi connectivity index (χ0n) is 13.3. The highest BCUT2D eigenvalue weighted by Gasteiger charge is 2.36. The highest BCUT2D eigenvalue weighted by atomic mass is 35.5. The van der Waals surface area contributed by atoms with Crippen molar-refractivity contribution in [2.24, 2.45) is 0 Å². The number of rotatable bonds is 2. The number of amides is 2. The number of halogens is 1. The summed E-state index contributed by atoms with van der Waals surface area (Å²) >= 11 is 11.0. The Kier molecular flexibility index (Phi) is 5.26. The van der Waals surface area contributed by atoms with Gasteiger partial charge in [-0.05, 0) is 39.0 Å². The molecule has 1 atom stereocenters. The standard InChI is InChI=1S/C16H19ClN2O3S/c1-16(2,3)22-15(21)19-9-14(20)18(8-13(19)10-23)12-6-4-5-11(17)7-12/h4-7,10,13H,8-9H2,1-3H3/t13-/m1/s1. The van der Waals surface area contributed by atoms with E-state index in [2.05, 4.69) is 0 Å². The predicted octanol–water partition coefficient (Wildman–Crippen LogP) is 3.29. The molecular weight excluding hydrogens is 336 g/mol. The van der Waals surface area contributed by atoms with Gasteiger partial charge in [-0.2, -0.15) is 0 Å². The summed E-state index contributed by atoms with van der Waals surface area (Å²) in [5.41, 5.74) is 0.0594. The van der Waals surface area contributed by atoms with E-state index in [-0.39, 0.29) is 19.0 Å². The van der Waals surface area contributed by atoms with Crippen molar-refractivity contribution in [1.82, 2.24) is 4.90 Å². The Balaban J connectivity index is 2.19. The van der Waals surface area contributed by atoms with Gasteiger partial charge in [0.05, 0.1) is 12.6 Å². The molecule has 1 aromatic rings. The lowest BCUT2D eigenvalue weighted by atomic mass is 10.1. The first-order valence-electron chi connectivity index (χ1n) is 7.22. The minimum absolute atomic E-state index is 0.0841. The summed E-state index contributed by atoms with van der Waals surface area (Å²) in [4.78, 5) is 27.7. The molecule has 0 aromatic heterocycles. The van der Waals surface area contributed by atoms with Gasteiger partial charge in [0.2, 0.25) is 5.91 Å². The van der Waals surface area contributed by atoms with Crippen LogP contribution < -0.4 is 4.90 Å². The molecule has 23 heavy (non-hydrogen) atoms. The van der Waals surface area contributed by atoms with Gasteiger partial charge in [0.1, 0.15) is 12.1 Å². The molecule has 1 aromatic carbocycles. The van der Waals surface area contributed by atoms with Crippen molar-refractivity contribution in [1.29, 1.82) is 0 Å². The van der Waals surface area contributed by atoms with Gasteiger partial charge in [-0.25, -0.2) is 4.79 Å². The number of thiocarbonyl (C=S) groups is 1. The number of anilines is 1. The summed E-state index contributed by atoms with van der Waals surface area (Å²) in [6.07, 6.45) is -0.539. The average Bonchev–Trinajstić information content (AvgIpc) is 2.45. The third-order valence-corrected chi connectivity index (χ3v) is 3.83. The second-order valence-electron chi connectivity index (χ2n) is 6.30. The Labute approximate surface area is 146 Å². The van der Waals surface area contributed by atoms with E-state index in [1.54, 1.807) is 49.9 Å². The van der Waals surface area contributed by atoms with Crippen LogP contribution in [0, 0.1) is 0 Å². The maximum Gasteiger partial charge on any atom is 0.411 e. The molecule has 0 aliphatic carbocycles. The summed E-state index contributed by atoms with van der Waals surface area (Å²) < 4.78 is 5.35. The van der Waals surface area contributed by atoms with E-state index in [1.807, 2.05) is 0 Å². The van der Waals surface area contributed by atoms with Gasteiger partial charge >= 0.3 is 6.09 Å². The molecule has 124 valence electrons. The van der Waals surface area contributed by atoms with Crippen molar-refractivity contribution in [2.75, 3.05) is 18.0 Å². The Morgan fingerprint density at radius 3 is 2.70 bits per heavy atom. The first-order chi connectivity index (χ1) is 10.7. The van der Waals surface area contributed by atoms with E-state index < -0.39 is 17.7 Å². The van der Waals surface area contributed by atoms with Crippen molar-refractivity contribution in [3.63, 3.8) is 0 Å². The minimum atomic E-state index is -0.629. The first-order valence-corrected chi connectivity index (χ1v) is 8.07. The summed E-state index contributed by atoms with van der Waals surface area (Å²) in [6, 6.07) is 6.63. The quantitative estimate of drug-likeness (QED) is 0.765. The average molecular weight is 355 g/mol. The lowest BCUT2D eigenvalue weighted by molar-refractivity contribution is -0.121. The van der Waals surface area contributed by atoms with Crippen LogP contribution in [-0.4, -0.2) is 47.0 Å². The van der Waals surface area contributed by atoms with Gasteiger partial charge in [0.25, 0.3) is 0 Å². The van der Waals surface area contributed by atoms with Gasteiger partial charge in [0.15, 0.2) is 0 Å². The minimum Gasteiger partial charge on any atom is -0.444 e. The Bertz CT molecular complexity index is 630. The zero-order valence-corrected chi connectivity index (χ0v) is 14.9. The van der Waals surface area contributed by atoms with Gasteiger partial charge in [-0.1, -0.05) is 29.9 Å². The van der Waals surface area contributed by atoms with Crippen LogP contribution in [0.1, 0.15) is 20.8 Å². The van der Waals surface area contributed by atoms with Crippen LogP contribution in [0.5, 0.6) is 0 Å². The fourth-order valence-corrected chi connectivity index (χ4v) is 2.68. The lowest BCUT2D eigenvalue weighted by Gasteiger charge is -2.39. The molecule has 2 rings (SSSR count). The molecule has 1 heterocycles. The fraction of sp³-hybridized carbons (Fsp3) is 0.438. The first kappa shape index (κ1) is 17.7. The molecule has 0 N–H and O–H groups in total. The van der Waals surface area contributed by atoms with Crippen LogP contribution in [0.15, 0.2) is 24.3 Å². The number of hydrogen-bond donors (Lipinski definition) is 0. The molecule has 0 spiro atoms. The van der Waals surface area contributed by atoms with Gasteiger partial charge in [-0.3, -0.25) is 9.69 Å². The van der Waals surface area contributed by atoms with Gasteiger partial charge < -0.3 is 9.64 Å². The SMILES string of the molecule is CC(C)(C)OC(=O)N1CC(=O)N(c2cccc(Cl)c2)C[C@@H]1C=S. The summed E-state index contributed by atoms with van der Waals surface area (Å²) in [7, 11) is 0. The highest BCUT2D eigenvalue weighted by molar-refractivity contribution is 7.79. The zero-order chi connectivity index (χ0) is 17.2. The Morgan fingerprint density at radius 1 is 1.43 bits per heavy atom. The van der Waals surface area contributed by atoms with Crippen molar-refractivity contribution >= 4 is 46.9 Å². The summed E-state index contributed by atoms with van der Waals surface area (Å²) in [5.74, 6) is -0.203. The summed E-state index contributed by atoms with van der Waals surface area (Å²) in [5, 5.41) is 2.03. The Morgan fingerprint density at radius 2 is 2.13 bits per heavy atom. The second kappa shape index (κ2) is 6.84. The molecule has 0 saturated carbocycles. The van der Waals surface area contributed by atoms with Crippen molar-refractivity contribution < 1.29 is 14.3 Å². The normalized spacial score (nSPS) is 18.8. The van der Waals surface area contributed by atoms with E-state index >= 15 is 0 Å². The number of carbonyl (C=O) groups is 2. The van der Waals surface area contributed by atoms with Crippen LogP contribution in [0.3, 0.4) is 0 Å².